The molecule has 0 amide bonds. The van der Waals surface area contributed by atoms with Crippen molar-refractivity contribution in [1.82, 2.24) is 19.9 Å². The molecule has 0 fully saturated rings. The van der Waals surface area contributed by atoms with Crippen LogP contribution in [0.5, 0.6) is 0 Å². The molecule has 0 unspecified atom stereocenters. The average Bonchev–Trinajstić information content (AvgIpc) is 3.30. The molecule has 1 aliphatic carbocycles. The van der Waals surface area contributed by atoms with Crippen LogP contribution in [-0.2, 0) is 5.41 Å². The minimum atomic E-state index is -0.191. The molecule has 4 aromatic heterocycles. The lowest BCUT2D eigenvalue weighted by atomic mass is 9.78. The number of nitrogens with zero attached hydrogens (tertiary/aromatic N) is 4. The predicted molar refractivity (Wildman–Crippen MR) is 174 cm³/mol. The summed E-state index contributed by atoms with van der Waals surface area (Å²) in [5.74, 6) is 0. The summed E-state index contributed by atoms with van der Waals surface area (Å²) in [6.45, 7) is 4.64. The van der Waals surface area contributed by atoms with Crippen molar-refractivity contribution >= 4 is 10.9 Å². The van der Waals surface area contributed by atoms with Gasteiger partial charge in [-0.2, -0.15) is 0 Å². The van der Waals surface area contributed by atoms with Crippen LogP contribution < -0.4 is 0 Å². The van der Waals surface area contributed by atoms with Crippen LogP contribution in [0.4, 0.5) is 0 Å². The number of pyridine rings is 4. The summed E-state index contributed by atoms with van der Waals surface area (Å²) < 4.78 is 0. The van der Waals surface area contributed by atoms with Crippen molar-refractivity contribution in [3.8, 4) is 56.3 Å². The highest BCUT2D eigenvalue weighted by atomic mass is 14.8. The highest BCUT2D eigenvalue weighted by Crippen LogP contribution is 2.53. The van der Waals surface area contributed by atoms with Crippen LogP contribution in [0.25, 0.3) is 67.2 Å². The maximum atomic E-state index is 5.23. The lowest BCUT2D eigenvalue weighted by Crippen LogP contribution is -2.16. The smallest absolute Gasteiger partial charge is 0.0900 e. The van der Waals surface area contributed by atoms with Crippen LogP contribution in [0.1, 0.15) is 25.0 Å². The Balaban J connectivity index is 1.36. The molecule has 0 spiro atoms. The molecular weight excluding hydrogens is 524 g/mol. The minimum absolute atomic E-state index is 0.191. The molecule has 8 rings (SSSR count). The molecule has 0 saturated heterocycles. The summed E-state index contributed by atoms with van der Waals surface area (Å²) in [5, 5.41) is 1.16. The maximum Gasteiger partial charge on any atom is 0.0900 e. The zero-order valence-corrected chi connectivity index (χ0v) is 24.0. The van der Waals surface area contributed by atoms with Crippen LogP contribution in [0.3, 0.4) is 0 Å². The first-order chi connectivity index (χ1) is 21.1. The standard InChI is InChI=1S/C39H28N4/c1-39(2)30-16-5-3-14-28(30)38-37(39)36(29-15-4-6-17-31(29)43-38)26-13-11-12-25(22-26)27-23-34(32-18-7-9-20-40-32)42-35(24-27)33-19-8-10-21-41-33/h3-24H,1-2H3. The third-order valence-corrected chi connectivity index (χ3v) is 8.54. The van der Waals surface area contributed by atoms with Gasteiger partial charge in [0.25, 0.3) is 0 Å². The van der Waals surface area contributed by atoms with E-state index in [-0.39, 0.29) is 5.41 Å². The van der Waals surface area contributed by atoms with E-state index in [4.69, 9.17) is 9.97 Å². The Morgan fingerprint density at radius 2 is 1.16 bits per heavy atom. The number of para-hydroxylation sites is 1. The third-order valence-electron chi connectivity index (χ3n) is 8.54. The average molecular weight is 553 g/mol. The van der Waals surface area contributed by atoms with Crippen molar-refractivity contribution < 1.29 is 0 Å². The van der Waals surface area contributed by atoms with Crippen molar-refractivity contribution in [1.29, 1.82) is 0 Å². The third kappa shape index (κ3) is 4.14. The lowest BCUT2D eigenvalue weighted by Gasteiger charge is -2.25. The molecule has 0 bridgehead atoms. The van der Waals surface area contributed by atoms with Crippen LogP contribution in [0.2, 0.25) is 0 Å². The van der Waals surface area contributed by atoms with Gasteiger partial charge in [-0.1, -0.05) is 86.6 Å². The van der Waals surface area contributed by atoms with Gasteiger partial charge in [0.2, 0.25) is 0 Å². The van der Waals surface area contributed by atoms with Crippen molar-refractivity contribution in [2.45, 2.75) is 19.3 Å². The molecular formula is C39H28N4. The van der Waals surface area contributed by atoms with E-state index in [1.807, 2.05) is 36.4 Å². The van der Waals surface area contributed by atoms with Gasteiger partial charge >= 0.3 is 0 Å². The molecule has 0 atom stereocenters. The van der Waals surface area contributed by atoms with Crippen LogP contribution in [0, 0.1) is 0 Å². The summed E-state index contributed by atoms with van der Waals surface area (Å²) in [5.41, 5.74) is 13.6. The molecule has 0 aliphatic heterocycles. The van der Waals surface area contributed by atoms with E-state index in [9.17, 15) is 0 Å². The molecule has 0 N–H and O–H groups in total. The summed E-state index contributed by atoms with van der Waals surface area (Å²) >= 11 is 0. The van der Waals surface area contributed by atoms with Crippen molar-refractivity contribution in [2.75, 3.05) is 0 Å². The van der Waals surface area contributed by atoms with Crippen LogP contribution >= 0.6 is 0 Å². The first-order valence-electron chi connectivity index (χ1n) is 14.6. The van der Waals surface area contributed by atoms with Crippen LogP contribution in [-0.4, -0.2) is 19.9 Å². The van der Waals surface area contributed by atoms with Gasteiger partial charge in [0.1, 0.15) is 0 Å². The number of hydrogen-bond donors (Lipinski definition) is 0. The zero-order valence-electron chi connectivity index (χ0n) is 24.0. The second-order valence-corrected chi connectivity index (χ2v) is 11.5. The second kappa shape index (κ2) is 9.81. The molecule has 204 valence electrons. The molecule has 43 heavy (non-hydrogen) atoms. The van der Waals surface area contributed by atoms with Crippen molar-refractivity contribution in [2.24, 2.45) is 0 Å². The Morgan fingerprint density at radius 3 is 1.88 bits per heavy atom. The topological polar surface area (TPSA) is 51.6 Å². The highest BCUT2D eigenvalue weighted by Gasteiger charge is 2.39. The van der Waals surface area contributed by atoms with Crippen molar-refractivity contribution in [3.05, 3.63) is 145 Å². The fourth-order valence-electron chi connectivity index (χ4n) is 6.53. The predicted octanol–water partition coefficient (Wildman–Crippen LogP) is 9.39. The quantitative estimate of drug-likeness (QED) is 0.218. The first-order valence-corrected chi connectivity index (χ1v) is 14.6. The van der Waals surface area contributed by atoms with Crippen LogP contribution in [0.15, 0.2) is 134 Å². The Labute approximate surface area is 250 Å². The van der Waals surface area contributed by atoms with E-state index >= 15 is 0 Å². The summed E-state index contributed by atoms with van der Waals surface area (Å²) in [6, 6.07) is 42.2. The van der Waals surface area contributed by atoms with Gasteiger partial charge in [-0.3, -0.25) is 9.97 Å². The SMILES string of the molecule is CC1(C)c2ccccc2-c2nc3ccccc3c(-c3cccc(-c4cc(-c5ccccn5)nc(-c5ccccn5)c4)c3)c21. The van der Waals surface area contributed by atoms with E-state index in [0.717, 1.165) is 50.5 Å². The van der Waals surface area contributed by atoms with Gasteiger partial charge in [0, 0.05) is 28.8 Å². The number of rotatable bonds is 4. The number of fused-ring (bicyclic) bond motifs is 4. The number of benzene rings is 3. The van der Waals surface area contributed by atoms with Gasteiger partial charge in [0.15, 0.2) is 0 Å². The van der Waals surface area contributed by atoms with E-state index in [2.05, 4.69) is 109 Å². The second-order valence-electron chi connectivity index (χ2n) is 11.5. The fraction of sp³-hybridized carbons (Fsp3) is 0.0769. The monoisotopic (exact) mass is 552 g/mol. The summed E-state index contributed by atoms with van der Waals surface area (Å²) in [7, 11) is 0. The normalized spacial score (nSPS) is 13.1. The first kappa shape index (κ1) is 25.2. The Morgan fingerprint density at radius 1 is 0.512 bits per heavy atom. The van der Waals surface area contributed by atoms with E-state index in [1.54, 1.807) is 12.4 Å². The summed E-state index contributed by atoms with van der Waals surface area (Å²) in [6.07, 6.45) is 3.61. The largest absolute Gasteiger partial charge is 0.255 e. The van der Waals surface area contributed by atoms with E-state index in [0.29, 0.717) is 0 Å². The van der Waals surface area contributed by atoms with E-state index in [1.165, 1.54) is 27.8 Å². The molecule has 0 saturated carbocycles. The Bertz CT molecular complexity index is 2090. The van der Waals surface area contributed by atoms with Gasteiger partial charge in [-0.15, -0.1) is 0 Å². The molecule has 3 aromatic carbocycles. The van der Waals surface area contributed by atoms with Crippen molar-refractivity contribution in [3.63, 3.8) is 0 Å². The number of hydrogen-bond acceptors (Lipinski definition) is 4. The van der Waals surface area contributed by atoms with Gasteiger partial charge in [0.05, 0.1) is 34.0 Å². The zero-order chi connectivity index (χ0) is 29.0. The molecule has 4 nitrogen and oxygen atoms in total. The molecule has 1 aliphatic rings. The Kier molecular flexibility index (Phi) is 5.76. The molecule has 7 aromatic rings. The molecule has 4 heterocycles. The highest BCUT2D eigenvalue weighted by molar-refractivity contribution is 6.02. The molecule has 0 radical (unpaired) electrons. The lowest BCUT2D eigenvalue weighted by molar-refractivity contribution is 0.662. The van der Waals surface area contributed by atoms with Gasteiger partial charge in [-0.05, 0) is 81.9 Å². The maximum absolute atomic E-state index is 5.23. The van der Waals surface area contributed by atoms with Gasteiger partial charge in [-0.25, -0.2) is 9.97 Å². The minimum Gasteiger partial charge on any atom is -0.255 e. The van der Waals surface area contributed by atoms with Gasteiger partial charge < -0.3 is 0 Å². The fourth-order valence-corrected chi connectivity index (χ4v) is 6.53. The van der Waals surface area contributed by atoms with E-state index < -0.39 is 0 Å². The Hall–Kier alpha value is -5.48. The number of aromatic nitrogens is 4. The summed E-state index contributed by atoms with van der Waals surface area (Å²) in [4.78, 5) is 19.4. The molecule has 4 heteroatoms.